The van der Waals surface area contributed by atoms with Crippen molar-refractivity contribution in [2.75, 3.05) is 13.2 Å². The number of unbranched alkanes of at least 4 members (excludes halogenated alkanes) is 26. The van der Waals surface area contributed by atoms with Crippen LogP contribution in [-0.4, -0.2) is 37.2 Å². The Morgan fingerprint density at radius 2 is 0.627 bits per heavy atom. The van der Waals surface area contributed by atoms with Gasteiger partial charge in [0.1, 0.15) is 13.2 Å². The van der Waals surface area contributed by atoms with Crippen molar-refractivity contribution in [3.8, 4) is 0 Å². The summed E-state index contributed by atoms with van der Waals surface area (Å²) in [6, 6.07) is 0. The van der Waals surface area contributed by atoms with Crippen LogP contribution in [0.3, 0.4) is 0 Å². The van der Waals surface area contributed by atoms with Crippen molar-refractivity contribution in [2.45, 2.75) is 258 Å². The van der Waals surface area contributed by atoms with Gasteiger partial charge < -0.3 is 14.2 Å². The Morgan fingerprint density at radius 3 is 1.05 bits per heavy atom. The van der Waals surface area contributed by atoms with Crippen molar-refractivity contribution in [1.82, 2.24) is 0 Å². The fraction of sp³-hybridized carbons (Fsp3) is 0.792. The molecule has 342 valence electrons. The zero-order valence-corrected chi connectivity index (χ0v) is 39.0. The topological polar surface area (TPSA) is 78.9 Å². The van der Waals surface area contributed by atoms with Crippen LogP contribution in [0.4, 0.5) is 0 Å². The molecule has 0 aliphatic heterocycles. The van der Waals surface area contributed by atoms with Crippen molar-refractivity contribution < 1.29 is 28.6 Å². The third-order valence-corrected chi connectivity index (χ3v) is 10.8. The molecule has 0 fully saturated rings. The smallest absolute Gasteiger partial charge is 0.306 e. The van der Waals surface area contributed by atoms with E-state index in [9.17, 15) is 14.4 Å². The Hall–Kier alpha value is -2.63. The van der Waals surface area contributed by atoms with Gasteiger partial charge >= 0.3 is 17.9 Å². The van der Waals surface area contributed by atoms with E-state index < -0.39 is 6.10 Å². The first kappa shape index (κ1) is 56.4. The first-order valence-corrected chi connectivity index (χ1v) is 25.1. The summed E-state index contributed by atoms with van der Waals surface area (Å²) in [5, 5.41) is 0. The number of carbonyl (C=O) groups is 3. The van der Waals surface area contributed by atoms with Gasteiger partial charge in [-0.15, -0.1) is 0 Å². The lowest BCUT2D eigenvalue weighted by molar-refractivity contribution is -0.167. The number of allylic oxidation sites excluding steroid dienone is 8. The molecule has 0 aromatic carbocycles. The first-order valence-electron chi connectivity index (χ1n) is 25.1. The Kier molecular flexibility index (Phi) is 45.9. The maximum absolute atomic E-state index is 12.7. The van der Waals surface area contributed by atoms with Gasteiger partial charge in [0, 0.05) is 19.3 Å². The van der Waals surface area contributed by atoms with Gasteiger partial charge in [-0.1, -0.05) is 204 Å². The molecule has 1 atom stereocenters. The number of rotatable bonds is 45. The van der Waals surface area contributed by atoms with Gasteiger partial charge in [0.15, 0.2) is 6.10 Å². The summed E-state index contributed by atoms with van der Waals surface area (Å²) in [5.74, 6) is -0.899. The van der Waals surface area contributed by atoms with E-state index in [0.29, 0.717) is 19.3 Å². The zero-order valence-electron chi connectivity index (χ0n) is 39.0. The minimum atomic E-state index is -0.778. The molecule has 6 heteroatoms. The summed E-state index contributed by atoms with van der Waals surface area (Å²) in [5.41, 5.74) is 0. The van der Waals surface area contributed by atoms with Crippen molar-refractivity contribution in [1.29, 1.82) is 0 Å². The molecule has 0 heterocycles. The molecule has 0 radical (unpaired) electrons. The average Bonchev–Trinajstić information content (AvgIpc) is 3.23. The van der Waals surface area contributed by atoms with Crippen LogP contribution in [0.25, 0.3) is 0 Å². The largest absolute Gasteiger partial charge is 0.462 e. The second-order valence-corrected chi connectivity index (χ2v) is 16.7. The van der Waals surface area contributed by atoms with Crippen LogP contribution in [-0.2, 0) is 28.6 Å². The Balaban J connectivity index is 4.34. The fourth-order valence-corrected chi connectivity index (χ4v) is 6.96. The van der Waals surface area contributed by atoms with Crippen LogP contribution in [0.5, 0.6) is 0 Å². The molecule has 0 saturated heterocycles. The SMILES string of the molecule is CCCC/C=C\CCCCCCCC(=O)O[C@@H](COC(=O)CCCCCCCC/C=C\C/C=C\C/C=C\CCCCC)COC(=O)CCCCCCCCCCCCC. The van der Waals surface area contributed by atoms with E-state index in [1.54, 1.807) is 0 Å². The number of esters is 3. The van der Waals surface area contributed by atoms with Crippen molar-refractivity contribution in [2.24, 2.45) is 0 Å². The van der Waals surface area contributed by atoms with Crippen molar-refractivity contribution in [3.63, 3.8) is 0 Å². The van der Waals surface area contributed by atoms with E-state index in [1.807, 2.05) is 0 Å². The lowest BCUT2D eigenvalue weighted by Crippen LogP contribution is -2.30. The number of ether oxygens (including phenoxy) is 3. The third kappa shape index (κ3) is 46.3. The van der Waals surface area contributed by atoms with Gasteiger partial charge in [-0.2, -0.15) is 0 Å². The molecule has 0 saturated carbocycles. The van der Waals surface area contributed by atoms with Crippen LogP contribution < -0.4 is 0 Å². The Bertz CT molecular complexity index is 1040. The molecule has 6 nitrogen and oxygen atoms in total. The van der Waals surface area contributed by atoms with Gasteiger partial charge in [-0.05, 0) is 77.0 Å². The summed E-state index contributed by atoms with van der Waals surface area (Å²) < 4.78 is 16.7. The molecular formula is C53H94O6. The lowest BCUT2D eigenvalue weighted by atomic mass is 10.1. The standard InChI is InChI=1S/C53H94O6/c1-4-7-10-13-16-19-22-23-24-25-26-27-28-29-32-34-37-40-43-46-52(55)58-49-50(59-53(56)47-44-41-38-35-31-21-18-15-12-9-6-3)48-57-51(54)45-42-39-36-33-30-20-17-14-11-8-5-2/h15-16,18-19,23-24,26-27,50H,4-14,17,20-22,25,28-49H2,1-3H3/b18-15-,19-16-,24-23-,27-26-/t50-/m1/s1. The highest BCUT2D eigenvalue weighted by Gasteiger charge is 2.19. The van der Waals surface area contributed by atoms with Gasteiger partial charge in [0.25, 0.3) is 0 Å². The zero-order chi connectivity index (χ0) is 43.0. The van der Waals surface area contributed by atoms with Gasteiger partial charge in [-0.25, -0.2) is 0 Å². The number of hydrogen-bond donors (Lipinski definition) is 0. The quantitative estimate of drug-likeness (QED) is 0.0263. The number of carbonyl (C=O) groups excluding carboxylic acids is 3. The maximum atomic E-state index is 12.7. The molecule has 0 bridgehead atoms. The van der Waals surface area contributed by atoms with Crippen LogP contribution in [0.15, 0.2) is 48.6 Å². The summed E-state index contributed by atoms with van der Waals surface area (Å²) in [6.45, 7) is 6.55. The van der Waals surface area contributed by atoms with Crippen LogP contribution >= 0.6 is 0 Å². The van der Waals surface area contributed by atoms with E-state index in [4.69, 9.17) is 14.2 Å². The monoisotopic (exact) mass is 827 g/mol. The molecule has 0 aromatic rings. The van der Waals surface area contributed by atoms with Crippen LogP contribution in [0.2, 0.25) is 0 Å². The minimum Gasteiger partial charge on any atom is -0.462 e. The molecule has 0 N–H and O–H groups in total. The normalized spacial score (nSPS) is 12.4. The van der Waals surface area contributed by atoms with Crippen molar-refractivity contribution >= 4 is 17.9 Å². The minimum absolute atomic E-state index is 0.0790. The van der Waals surface area contributed by atoms with Crippen LogP contribution in [0.1, 0.15) is 252 Å². The van der Waals surface area contributed by atoms with Gasteiger partial charge in [-0.3, -0.25) is 14.4 Å². The molecule has 0 rings (SSSR count). The summed E-state index contributed by atoms with van der Waals surface area (Å²) >= 11 is 0. The summed E-state index contributed by atoms with van der Waals surface area (Å²) in [4.78, 5) is 37.8. The molecule has 0 unspecified atom stereocenters. The predicted molar refractivity (Wildman–Crippen MR) is 252 cm³/mol. The predicted octanol–water partition coefficient (Wildman–Crippen LogP) is 16.3. The lowest BCUT2D eigenvalue weighted by Gasteiger charge is -2.18. The molecule has 0 amide bonds. The molecular weight excluding hydrogens is 733 g/mol. The Labute approximate surface area is 365 Å². The average molecular weight is 827 g/mol. The third-order valence-electron chi connectivity index (χ3n) is 10.8. The number of hydrogen-bond acceptors (Lipinski definition) is 6. The van der Waals surface area contributed by atoms with Gasteiger partial charge in [0.2, 0.25) is 0 Å². The molecule has 0 aromatic heterocycles. The highest BCUT2D eigenvalue weighted by molar-refractivity contribution is 5.71. The fourth-order valence-electron chi connectivity index (χ4n) is 6.96. The molecule has 0 spiro atoms. The van der Waals surface area contributed by atoms with E-state index in [1.165, 1.54) is 122 Å². The molecule has 0 aliphatic carbocycles. The first-order chi connectivity index (χ1) is 29.0. The van der Waals surface area contributed by atoms with Crippen molar-refractivity contribution in [3.05, 3.63) is 48.6 Å². The van der Waals surface area contributed by atoms with Crippen LogP contribution in [0, 0.1) is 0 Å². The van der Waals surface area contributed by atoms with Gasteiger partial charge in [0.05, 0.1) is 0 Å². The highest BCUT2D eigenvalue weighted by Crippen LogP contribution is 2.14. The molecule has 59 heavy (non-hydrogen) atoms. The van der Waals surface area contributed by atoms with E-state index in [0.717, 1.165) is 89.9 Å². The van der Waals surface area contributed by atoms with E-state index in [2.05, 4.69) is 69.4 Å². The Morgan fingerprint density at radius 1 is 0.339 bits per heavy atom. The molecule has 0 aliphatic rings. The highest BCUT2D eigenvalue weighted by atomic mass is 16.6. The second-order valence-electron chi connectivity index (χ2n) is 16.7. The maximum Gasteiger partial charge on any atom is 0.306 e. The second kappa shape index (κ2) is 48.0. The summed E-state index contributed by atoms with van der Waals surface area (Å²) in [7, 11) is 0. The summed E-state index contributed by atoms with van der Waals surface area (Å²) in [6.07, 6.45) is 56.6. The van der Waals surface area contributed by atoms with E-state index >= 15 is 0 Å². The van der Waals surface area contributed by atoms with E-state index in [-0.39, 0.29) is 31.1 Å².